The van der Waals surface area contributed by atoms with Gasteiger partial charge in [-0.05, 0) is 36.8 Å². The third-order valence-corrected chi connectivity index (χ3v) is 3.26. The molecule has 0 saturated carbocycles. The van der Waals surface area contributed by atoms with E-state index < -0.39 is 16.7 Å². The number of rotatable bonds is 6. The molecule has 0 radical (unpaired) electrons. The lowest BCUT2D eigenvalue weighted by Crippen LogP contribution is -2.40. The molecule has 2 aromatic rings. The van der Waals surface area contributed by atoms with Crippen LogP contribution in [0.4, 0.5) is 5.69 Å². The van der Waals surface area contributed by atoms with Crippen LogP contribution < -0.4 is 15.6 Å². The van der Waals surface area contributed by atoms with Gasteiger partial charge in [0, 0.05) is 12.1 Å². The molecule has 0 bridgehead atoms. The zero-order chi connectivity index (χ0) is 18.9. The van der Waals surface area contributed by atoms with Crippen molar-refractivity contribution >= 4 is 23.6 Å². The van der Waals surface area contributed by atoms with Crippen LogP contribution in [0, 0.1) is 10.1 Å². The first-order valence-corrected chi connectivity index (χ1v) is 7.76. The summed E-state index contributed by atoms with van der Waals surface area (Å²) >= 11 is 0. The lowest BCUT2D eigenvalue weighted by Gasteiger charge is -2.06. The first-order chi connectivity index (χ1) is 12.5. The summed E-state index contributed by atoms with van der Waals surface area (Å²) in [6.07, 6.45) is 2.79. The molecule has 0 aliphatic heterocycles. The van der Waals surface area contributed by atoms with E-state index in [1.165, 1.54) is 30.3 Å². The van der Waals surface area contributed by atoms with Crippen molar-refractivity contribution in [2.75, 3.05) is 6.61 Å². The third kappa shape index (κ3) is 5.17. The maximum absolute atomic E-state index is 12.0. The Labute approximate surface area is 149 Å². The van der Waals surface area contributed by atoms with E-state index in [4.69, 9.17) is 4.74 Å². The van der Waals surface area contributed by atoms with Crippen molar-refractivity contribution in [2.45, 2.75) is 6.92 Å². The van der Waals surface area contributed by atoms with E-state index >= 15 is 0 Å². The molecule has 0 aromatic heterocycles. The van der Waals surface area contributed by atoms with E-state index in [2.05, 4.69) is 10.9 Å². The van der Waals surface area contributed by atoms with Crippen molar-refractivity contribution in [2.24, 2.45) is 0 Å². The molecular weight excluding hydrogens is 338 g/mol. The molecule has 8 nitrogen and oxygen atoms in total. The first kappa shape index (κ1) is 18.7. The molecular formula is C18H17N3O5. The summed E-state index contributed by atoms with van der Waals surface area (Å²) in [6.45, 7) is 2.45. The van der Waals surface area contributed by atoms with Crippen molar-refractivity contribution in [3.8, 4) is 5.75 Å². The van der Waals surface area contributed by atoms with E-state index in [1.807, 2.05) is 6.92 Å². The number of nitro groups is 1. The fraction of sp³-hybridized carbons (Fsp3) is 0.111. The molecule has 0 spiro atoms. The van der Waals surface area contributed by atoms with Crippen LogP contribution in [0.15, 0.2) is 54.6 Å². The second-order valence-corrected chi connectivity index (χ2v) is 5.05. The number of carbonyl (C=O) groups is 2. The number of nitro benzene ring substituents is 1. The van der Waals surface area contributed by atoms with Crippen molar-refractivity contribution in [3.05, 3.63) is 75.8 Å². The van der Waals surface area contributed by atoms with Gasteiger partial charge < -0.3 is 4.74 Å². The summed E-state index contributed by atoms with van der Waals surface area (Å²) in [5.74, 6) is -0.628. The van der Waals surface area contributed by atoms with Crippen LogP contribution in [0.25, 0.3) is 6.08 Å². The maximum Gasteiger partial charge on any atom is 0.282 e. The number of nitrogens with zero attached hydrogens (tertiary/aromatic N) is 1. The van der Waals surface area contributed by atoms with Gasteiger partial charge in [0.25, 0.3) is 17.5 Å². The minimum atomic E-state index is -0.778. The molecule has 0 atom stereocenters. The fourth-order valence-corrected chi connectivity index (χ4v) is 2.07. The van der Waals surface area contributed by atoms with Crippen LogP contribution in [-0.2, 0) is 4.79 Å². The molecule has 0 heterocycles. The number of para-hydroxylation sites is 1. The lowest BCUT2D eigenvalue weighted by atomic mass is 10.2. The van der Waals surface area contributed by atoms with Crippen LogP contribution in [0.5, 0.6) is 5.75 Å². The summed E-state index contributed by atoms with van der Waals surface area (Å²) in [7, 11) is 0. The Hall–Kier alpha value is -3.68. The number of hydrogen-bond acceptors (Lipinski definition) is 5. The normalized spacial score (nSPS) is 10.3. The van der Waals surface area contributed by atoms with Crippen LogP contribution in [0.2, 0.25) is 0 Å². The summed E-state index contributed by atoms with van der Waals surface area (Å²) in [4.78, 5) is 34.0. The molecule has 2 aromatic carbocycles. The monoisotopic (exact) mass is 355 g/mol. The van der Waals surface area contributed by atoms with E-state index in [0.717, 1.165) is 11.3 Å². The predicted molar refractivity (Wildman–Crippen MR) is 95.4 cm³/mol. The van der Waals surface area contributed by atoms with E-state index in [9.17, 15) is 19.7 Å². The lowest BCUT2D eigenvalue weighted by molar-refractivity contribution is -0.385. The van der Waals surface area contributed by atoms with Crippen molar-refractivity contribution in [1.82, 2.24) is 10.9 Å². The highest BCUT2D eigenvalue weighted by Gasteiger charge is 2.19. The van der Waals surface area contributed by atoms with E-state index in [-0.39, 0.29) is 11.3 Å². The Kier molecular flexibility index (Phi) is 6.44. The van der Waals surface area contributed by atoms with Gasteiger partial charge in [0.2, 0.25) is 0 Å². The Balaban J connectivity index is 1.92. The second-order valence-electron chi connectivity index (χ2n) is 5.05. The molecule has 0 fully saturated rings. The van der Waals surface area contributed by atoms with Gasteiger partial charge in [-0.15, -0.1) is 0 Å². The smallest absolute Gasteiger partial charge is 0.282 e. The largest absolute Gasteiger partial charge is 0.494 e. The standard InChI is InChI=1S/C18H17N3O5/c1-2-26-14-10-7-13(8-11-14)9-12-17(22)19-20-18(23)15-5-3-4-6-16(15)21(24)25/h3-12H,2H2,1H3,(H,19,22)(H,20,23)/b12-9+. The SMILES string of the molecule is CCOc1ccc(/C=C/C(=O)NNC(=O)c2ccccc2[N+](=O)[O-])cc1. The van der Waals surface area contributed by atoms with Crippen molar-refractivity contribution in [1.29, 1.82) is 0 Å². The second kappa shape index (κ2) is 8.97. The maximum atomic E-state index is 12.0. The molecule has 2 rings (SSSR count). The molecule has 8 heteroatoms. The number of nitrogens with one attached hydrogen (secondary N) is 2. The molecule has 0 aliphatic rings. The molecule has 26 heavy (non-hydrogen) atoms. The highest BCUT2D eigenvalue weighted by molar-refractivity contribution is 6.00. The number of hydrogen-bond donors (Lipinski definition) is 2. The Morgan fingerprint density at radius 1 is 1.12 bits per heavy atom. The van der Waals surface area contributed by atoms with Gasteiger partial charge in [-0.3, -0.25) is 30.6 Å². The number of benzene rings is 2. The van der Waals surface area contributed by atoms with Gasteiger partial charge in [0.1, 0.15) is 11.3 Å². The molecule has 0 unspecified atom stereocenters. The van der Waals surface area contributed by atoms with Crippen LogP contribution in [0.1, 0.15) is 22.8 Å². The summed E-state index contributed by atoms with van der Waals surface area (Å²) < 4.78 is 5.32. The Bertz CT molecular complexity index is 831. The third-order valence-electron chi connectivity index (χ3n) is 3.26. The topological polar surface area (TPSA) is 111 Å². The average molecular weight is 355 g/mol. The predicted octanol–water partition coefficient (Wildman–Crippen LogP) is 2.47. The van der Waals surface area contributed by atoms with Crippen LogP contribution in [-0.4, -0.2) is 23.3 Å². The van der Waals surface area contributed by atoms with Crippen LogP contribution >= 0.6 is 0 Å². The van der Waals surface area contributed by atoms with Gasteiger partial charge >= 0.3 is 0 Å². The zero-order valence-electron chi connectivity index (χ0n) is 14.0. The molecule has 2 N–H and O–H groups in total. The van der Waals surface area contributed by atoms with Gasteiger partial charge in [0.05, 0.1) is 11.5 Å². The minimum absolute atomic E-state index is 0.145. The quantitative estimate of drug-likeness (QED) is 0.470. The van der Waals surface area contributed by atoms with Gasteiger partial charge in [-0.25, -0.2) is 0 Å². The minimum Gasteiger partial charge on any atom is -0.494 e. The van der Waals surface area contributed by atoms with Gasteiger partial charge in [-0.2, -0.15) is 0 Å². The molecule has 134 valence electrons. The first-order valence-electron chi connectivity index (χ1n) is 7.76. The summed E-state index contributed by atoms with van der Waals surface area (Å²) in [5.41, 5.74) is 4.60. The summed E-state index contributed by atoms with van der Waals surface area (Å²) in [6, 6.07) is 12.6. The highest BCUT2D eigenvalue weighted by Crippen LogP contribution is 2.17. The molecule has 0 saturated heterocycles. The zero-order valence-corrected chi connectivity index (χ0v) is 14.0. The van der Waals surface area contributed by atoms with E-state index in [1.54, 1.807) is 30.3 Å². The van der Waals surface area contributed by atoms with Gasteiger partial charge in [-0.1, -0.05) is 24.3 Å². The fourth-order valence-electron chi connectivity index (χ4n) is 2.07. The number of amides is 2. The van der Waals surface area contributed by atoms with E-state index in [0.29, 0.717) is 6.61 Å². The van der Waals surface area contributed by atoms with Crippen molar-refractivity contribution in [3.63, 3.8) is 0 Å². The van der Waals surface area contributed by atoms with Crippen LogP contribution in [0.3, 0.4) is 0 Å². The Morgan fingerprint density at radius 3 is 2.46 bits per heavy atom. The van der Waals surface area contributed by atoms with Crippen molar-refractivity contribution < 1.29 is 19.2 Å². The number of carbonyl (C=O) groups excluding carboxylic acids is 2. The highest BCUT2D eigenvalue weighted by atomic mass is 16.6. The van der Waals surface area contributed by atoms with Gasteiger partial charge in [0.15, 0.2) is 0 Å². The number of hydrazine groups is 1. The molecule has 2 amide bonds. The number of ether oxygens (including phenoxy) is 1. The molecule has 0 aliphatic carbocycles. The Morgan fingerprint density at radius 2 is 1.81 bits per heavy atom. The summed E-state index contributed by atoms with van der Waals surface area (Å²) in [5, 5.41) is 10.9. The average Bonchev–Trinajstić information content (AvgIpc) is 2.65.